The predicted molar refractivity (Wildman–Crippen MR) is 76.1 cm³/mol. The Hall–Kier alpha value is -0.120. The van der Waals surface area contributed by atoms with Crippen molar-refractivity contribution in [1.82, 2.24) is 0 Å². The molecule has 110 valence electrons. The zero-order valence-corrected chi connectivity index (χ0v) is 12.2. The molecule has 0 aromatic heterocycles. The molecule has 1 saturated heterocycles. The van der Waals surface area contributed by atoms with Gasteiger partial charge >= 0.3 is 0 Å². The Morgan fingerprint density at radius 2 is 1.63 bits per heavy atom. The van der Waals surface area contributed by atoms with Crippen LogP contribution < -0.4 is 5.73 Å². The summed E-state index contributed by atoms with van der Waals surface area (Å²) in [5.74, 6) is 0. The molecule has 1 unspecified atom stereocenters. The standard InChI is InChI=1S/C16H29NO2/c17-13-16(9-4-5-10-16)18-12-14-6-11-15(19-14)7-2-1-3-8-15/h14H,1-13,17H2. The highest BCUT2D eigenvalue weighted by Crippen LogP contribution is 2.42. The maximum absolute atomic E-state index is 6.37. The molecule has 1 atom stereocenters. The van der Waals surface area contributed by atoms with Crippen molar-refractivity contribution >= 4 is 0 Å². The van der Waals surface area contributed by atoms with E-state index in [0.29, 0.717) is 12.6 Å². The molecule has 3 heteroatoms. The van der Waals surface area contributed by atoms with E-state index < -0.39 is 0 Å². The molecule has 0 aromatic rings. The number of nitrogens with two attached hydrogens (primary N) is 1. The first-order valence-electron chi connectivity index (χ1n) is 8.28. The zero-order chi connectivity index (χ0) is 13.2. The lowest BCUT2D eigenvalue weighted by molar-refractivity contribution is -0.120. The van der Waals surface area contributed by atoms with Crippen molar-refractivity contribution in [2.75, 3.05) is 13.2 Å². The summed E-state index contributed by atoms with van der Waals surface area (Å²) in [6, 6.07) is 0. The van der Waals surface area contributed by atoms with Crippen molar-refractivity contribution in [3.63, 3.8) is 0 Å². The van der Waals surface area contributed by atoms with Crippen LogP contribution in [0.2, 0.25) is 0 Å². The van der Waals surface area contributed by atoms with Gasteiger partial charge in [-0.25, -0.2) is 0 Å². The van der Waals surface area contributed by atoms with Gasteiger partial charge in [0.2, 0.25) is 0 Å². The summed E-state index contributed by atoms with van der Waals surface area (Å²) in [5, 5.41) is 0. The third-order valence-electron chi connectivity index (χ3n) is 5.57. The van der Waals surface area contributed by atoms with Crippen molar-refractivity contribution in [3.8, 4) is 0 Å². The van der Waals surface area contributed by atoms with Gasteiger partial charge in [0.25, 0.3) is 0 Å². The summed E-state index contributed by atoms with van der Waals surface area (Å²) < 4.78 is 12.6. The van der Waals surface area contributed by atoms with Crippen molar-refractivity contribution in [1.29, 1.82) is 0 Å². The highest BCUT2D eigenvalue weighted by molar-refractivity contribution is 4.92. The van der Waals surface area contributed by atoms with Crippen LogP contribution in [0.25, 0.3) is 0 Å². The fraction of sp³-hybridized carbons (Fsp3) is 1.00. The molecular formula is C16H29NO2. The number of rotatable bonds is 4. The SMILES string of the molecule is NCC1(OCC2CCC3(CCCCC3)O2)CCCC1. The molecule has 2 N–H and O–H groups in total. The average Bonchev–Trinajstić information content (AvgIpc) is 3.06. The molecule has 1 aliphatic heterocycles. The highest BCUT2D eigenvalue weighted by atomic mass is 16.6. The normalized spacial score (nSPS) is 33.0. The topological polar surface area (TPSA) is 44.5 Å². The minimum absolute atomic E-state index is 0.0221. The van der Waals surface area contributed by atoms with Gasteiger partial charge < -0.3 is 15.2 Å². The Bertz CT molecular complexity index is 293. The molecule has 3 aliphatic rings. The van der Waals surface area contributed by atoms with E-state index in [4.69, 9.17) is 15.2 Å². The highest BCUT2D eigenvalue weighted by Gasteiger charge is 2.42. The van der Waals surface area contributed by atoms with Crippen LogP contribution in [0, 0.1) is 0 Å². The molecule has 1 spiro atoms. The van der Waals surface area contributed by atoms with Gasteiger partial charge in [-0.2, -0.15) is 0 Å². The van der Waals surface area contributed by atoms with Gasteiger partial charge in [0.05, 0.1) is 23.9 Å². The molecule has 2 saturated carbocycles. The first-order valence-corrected chi connectivity index (χ1v) is 8.28. The third kappa shape index (κ3) is 2.98. The molecule has 3 fully saturated rings. The monoisotopic (exact) mass is 267 g/mol. The summed E-state index contributed by atoms with van der Waals surface area (Å²) in [5.41, 5.74) is 6.12. The number of hydrogen-bond acceptors (Lipinski definition) is 3. The van der Waals surface area contributed by atoms with Crippen molar-refractivity contribution < 1.29 is 9.47 Å². The van der Waals surface area contributed by atoms with Gasteiger partial charge in [0.1, 0.15) is 0 Å². The van der Waals surface area contributed by atoms with E-state index in [2.05, 4.69) is 0 Å². The zero-order valence-electron chi connectivity index (χ0n) is 12.2. The van der Waals surface area contributed by atoms with Crippen molar-refractivity contribution in [3.05, 3.63) is 0 Å². The fourth-order valence-electron chi connectivity index (χ4n) is 4.27. The van der Waals surface area contributed by atoms with E-state index in [9.17, 15) is 0 Å². The largest absolute Gasteiger partial charge is 0.371 e. The van der Waals surface area contributed by atoms with Crippen molar-refractivity contribution in [2.45, 2.75) is 87.9 Å². The van der Waals surface area contributed by atoms with Crippen LogP contribution in [0.5, 0.6) is 0 Å². The summed E-state index contributed by atoms with van der Waals surface area (Å²) in [4.78, 5) is 0. The fourth-order valence-corrected chi connectivity index (χ4v) is 4.27. The lowest BCUT2D eigenvalue weighted by Crippen LogP contribution is -2.40. The van der Waals surface area contributed by atoms with Crippen LogP contribution in [0.1, 0.15) is 70.6 Å². The maximum Gasteiger partial charge on any atom is 0.0817 e. The number of ether oxygens (including phenoxy) is 2. The molecule has 1 heterocycles. The van der Waals surface area contributed by atoms with E-state index >= 15 is 0 Å². The van der Waals surface area contributed by atoms with Gasteiger partial charge in [-0.1, -0.05) is 32.1 Å². The Kier molecular flexibility index (Phi) is 4.16. The van der Waals surface area contributed by atoms with Crippen LogP contribution in [-0.2, 0) is 9.47 Å². The Balaban J connectivity index is 1.49. The Labute approximate surface area is 117 Å². The van der Waals surface area contributed by atoms with Crippen LogP contribution in [-0.4, -0.2) is 30.5 Å². The smallest absolute Gasteiger partial charge is 0.0817 e. The van der Waals surface area contributed by atoms with Gasteiger partial charge in [-0.15, -0.1) is 0 Å². The minimum Gasteiger partial charge on any atom is -0.371 e. The van der Waals surface area contributed by atoms with Crippen LogP contribution in [0.15, 0.2) is 0 Å². The molecule has 0 amide bonds. The molecule has 19 heavy (non-hydrogen) atoms. The summed E-state index contributed by atoms with van der Waals surface area (Å²) in [6.45, 7) is 1.43. The maximum atomic E-state index is 6.37. The van der Waals surface area contributed by atoms with Gasteiger partial charge in [-0.3, -0.25) is 0 Å². The van der Waals surface area contributed by atoms with Gasteiger partial charge in [0.15, 0.2) is 0 Å². The molecule has 3 nitrogen and oxygen atoms in total. The third-order valence-corrected chi connectivity index (χ3v) is 5.57. The second-order valence-electron chi connectivity index (χ2n) is 6.93. The second kappa shape index (κ2) is 5.71. The van der Waals surface area contributed by atoms with Crippen LogP contribution in [0.4, 0.5) is 0 Å². The summed E-state index contributed by atoms with van der Waals surface area (Å²) in [7, 11) is 0. The second-order valence-corrected chi connectivity index (χ2v) is 6.93. The quantitative estimate of drug-likeness (QED) is 0.851. The average molecular weight is 267 g/mol. The Morgan fingerprint density at radius 1 is 0.947 bits per heavy atom. The van der Waals surface area contributed by atoms with Crippen LogP contribution in [0.3, 0.4) is 0 Å². The lowest BCUT2D eigenvalue weighted by Gasteiger charge is -2.34. The first kappa shape index (κ1) is 13.8. The molecule has 0 radical (unpaired) electrons. The number of hydrogen-bond donors (Lipinski definition) is 1. The summed E-state index contributed by atoms with van der Waals surface area (Å²) in [6.07, 6.45) is 14.2. The van der Waals surface area contributed by atoms with E-state index in [1.165, 1.54) is 57.8 Å². The van der Waals surface area contributed by atoms with Crippen molar-refractivity contribution in [2.24, 2.45) is 5.73 Å². The van der Waals surface area contributed by atoms with E-state index in [1.54, 1.807) is 0 Å². The molecule has 2 aliphatic carbocycles. The molecule has 3 rings (SSSR count). The molecular weight excluding hydrogens is 238 g/mol. The predicted octanol–water partition coefficient (Wildman–Crippen LogP) is 3.16. The van der Waals surface area contributed by atoms with Gasteiger partial charge in [-0.05, 0) is 38.5 Å². The van der Waals surface area contributed by atoms with Gasteiger partial charge in [0, 0.05) is 6.54 Å². The van der Waals surface area contributed by atoms with E-state index in [0.717, 1.165) is 19.4 Å². The van der Waals surface area contributed by atoms with E-state index in [1.807, 2.05) is 0 Å². The summed E-state index contributed by atoms with van der Waals surface area (Å²) >= 11 is 0. The van der Waals surface area contributed by atoms with E-state index in [-0.39, 0.29) is 11.2 Å². The molecule has 0 bridgehead atoms. The minimum atomic E-state index is -0.0221. The lowest BCUT2D eigenvalue weighted by atomic mass is 9.83. The molecule has 0 aromatic carbocycles. The van der Waals surface area contributed by atoms with Crippen LogP contribution >= 0.6 is 0 Å². The Morgan fingerprint density at radius 3 is 2.32 bits per heavy atom. The first-order chi connectivity index (χ1) is 9.26.